The summed E-state index contributed by atoms with van der Waals surface area (Å²) in [6.07, 6.45) is 3.30. The monoisotopic (exact) mass is 342 g/mol. The Labute approximate surface area is 129 Å². The van der Waals surface area contributed by atoms with Gasteiger partial charge in [0, 0.05) is 12.1 Å². The number of sulfonamides is 1. The van der Waals surface area contributed by atoms with E-state index < -0.39 is 21.4 Å². The highest BCUT2D eigenvalue weighted by atomic mass is 35.5. The largest absolute Gasteiger partial charge is 0.329 e. The summed E-state index contributed by atoms with van der Waals surface area (Å²) in [6.45, 7) is 0.241. The second-order valence-electron chi connectivity index (χ2n) is 4.87. The van der Waals surface area contributed by atoms with Crippen molar-refractivity contribution in [2.24, 2.45) is 5.73 Å². The summed E-state index contributed by atoms with van der Waals surface area (Å²) in [5.74, 6) is -0.571. The summed E-state index contributed by atoms with van der Waals surface area (Å²) in [6, 6.07) is 3.23. The van der Waals surface area contributed by atoms with Crippen LogP contribution in [0.15, 0.2) is 23.1 Å². The SMILES string of the molecule is Cl.NCC1(NS(=O)(=O)c2ccc(F)cc2Cl)CCCC1. The zero-order valence-corrected chi connectivity index (χ0v) is 13.1. The lowest BCUT2D eigenvalue weighted by molar-refractivity contribution is 0.399. The highest BCUT2D eigenvalue weighted by molar-refractivity contribution is 7.89. The van der Waals surface area contributed by atoms with Crippen LogP contribution in [-0.4, -0.2) is 20.5 Å². The third-order valence-corrected chi connectivity index (χ3v) is 5.55. The quantitative estimate of drug-likeness (QED) is 0.882. The second-order valence-corrected chi connectivity index (χ2v) is 6.93. The van der Waals surface area contributed by atoms with E-state index >= 15 is 0 Å². The Balaban J connectivity index is 0.00000200. The Morgan fingerprint density at radius 1 is 1.35 bits per heavy atom. The van der Waals surface area contributed by atoms with E-state index in [1.165, 1.54) is 6.07 Å². The van der Waals surface area contributed by atoms with Crippen molar-refractivity contribution in [3.63, 3.8) is 0 Å². The van der Waals surface area contributed by atoms with Crippen molar-refractivity contribution in [3.05, 3.63) is 29.0 Å². The van der Waals surface area contributed by atoms with E-state index in [1.54, 1.807) is 0 Å². The lowest BCUT2D eigenvalue weighted by atomic mass is 10.0. The molecule has 0 aliphatic heterocycles. The lowest BCUT2D eigenvalue weighted by Crippen LogP contribution is -2.51. The van der Waals surface area contributed by atoms with E-state index in [2.05, 4.69) is 4.72 Å². The summed E-state index contributed by atoms with van der Waals surface area (Å²) in [5, 5.41) is -0.127. The molecule has 0 unspecified atom stereocenters. The van der Waals surface area contributed by atoms with E-state index in [4.69, 9.17) is 17.3 Å². The summed E-state index contributed by atoms with van der Waals surface area (Å²) in [7, 11) is -3.79. The number of hydrogen-bond donors (Lipinski definition) is 2. The van der Waals surface area contributed by atoms with Crippen molar-refractivity contribution in [1.29, 1.82) is 0 Å². The standard InChI is InChI=1S/C12H16ClFN2O2S.ClH/c13-10-7-9(14)3-4-11(10)19(17,18)16-12(8-15)5-1-2-6-12;/h3-4,7,16H,1-2,5-6,8,15H2;1H. The fraction of sp³-hybridized carbons (Fsp3) is 0.500. The van der Waals surface area contributed by atoms with E-state index in [9.17, 15) is 12.8 Å². The van der Waals surface area contributed by atoms with Crippen LogP contribution >= 0.6 is 24.0 Å². The molecule has 1 aliphatic carbocycles. The van der Waals surface area contributed by atoms with Crippen LogP contribution in [0.25, 0.3) is 0 Å². The van der Waals surface area contributed by atoms with Gasteiger partial charge in [0.2, 0.25) is 10.0 Å². The van der Waals surface area contributed by atoms with Gasteiger partial charge in [-0.05, 0) is 31.0 Å². The fourth-order valence-electron chi connectivity index (χ4n) is 2.43. The van der Waals surface area contributed by atoms with Crippen LogP contribution in [0.2, 0.25) is 5.02 Å². The lowest BCUT2D eigenvalue weighted by Gasteiger charge is -2.28. The van der Waals surface area contributed by atoms with E-state index in [0.29, 0.717) is 12.8 Å². The van der Waals surface area contributed by atoms with Gasteiger partial charge in [-0.1, -0.05) is 24.4 Å². The minimum atomic E-state index is -3.79. The first kappa shape index (κ1) is 17.7. The highest BCUT2D eigenvalue weighted by Crippen LogP contribution is 2.31. The van der Waals surface area contributed by atoms with Gasteiger partial charge < -0.3 is 5.73 Å². The van der Waals surface area contributed by atoms with Crippen molar-refractivity contribution in [1.82, 2.24) is 4.72 Å². The normalized spacial score (nSPS) is 17.8. The summed E-state index contributed by atoms with van der Waals surface area (Å²) in [4.78, 5) is -0.115. The Bertz CT molecular complexity index is 575. The summed E-state index contributed by atoms with van der Waals surface area (Å²) in [5.41, 5.74) is 5.10. The molecule has 1 aromatic rings. The predicted octanol–water partition coefficient (Wildman–Crippen LogP) is 2.45. The molecule has 0 amide bonds. The molecule has 0 spiro atoms. The van der Waals surface area contributed by atoms with Gasteiger partial charge in [-0.25, -0.2) is 17.5 Å². The molecule has 1 fully saturated rings. The molecule has 20 heavy (non-hydrogen) atoms. The molecule has 0 radical (unpaired) electrons. The first-order valence-corrected chi connectivity index (χ1v) is 7.94. The van der Waals surface area contributed by atoms with Gasteiger partial charge >= 0.3 is 0 Å². The first-order chi connectivity index (χ1) is 8.88. The molecule has 0 bridgehead atoms. The molecule has 1 aromatic carbocycles. The Morgan fingerprint density at radius 3 is 2.45 bits per heavy atom. The van der Waals surface area contributed by atoms with Crippen LogP contribution in [0.3, 0.4) is 0 Å². The van der Waals surface area contributed by atoms with Gasteiger partial charge in [-0.15, -0.1) is 12.4 Å². The van der Waals surface area contributed by atoms with Gasteiger partial charge in [-0.2, -0.15) is 0 Å². The molecule has 1 saturated carbocycles. The number of nitrogens with one attached hydrogen (secondary N) is 1. The number of rotatable bonds is 4. The number of benzene rings is 1. The van der Waals surface area contributed by atoms with Crippen molar-refractivity contribution in [2.45, 2.75) is 36.1 Å². The molecule has 2 rings (SSSR count). The van der Waals surface area contributed by atoms with Gasteiger partial charge in [0.05, 0.1) is 5.02 Å². The third-order valence-electron chi connectivity index (χ3n) is 3.49. The van der Waals surface area contributed by atoms with Crippen LogP contribution in [-0.2, 0) is 10.0 Å². The number of nitrogens with two attached hydrogens (primary N) is 1. The molecule has 4 nitrogen and oxygen atoms in total. The molecule has 114 valence electrons. The predicted molar refractivity (Wildman–Crippen MR) is 79.2 cm³/mol. The molecule has 1 aliphatic rings. The maximum absolute atomic E-state index is 13.0. The van der Waals surface area contributed by atoms with E-state index in [-0.39, 0.29) is 28.9 Å². The summed E-state index contributed by atoms with van der Waals surface area (Å²) < 4.78 is 40.2. The minimum Gasteiger partial charge on any atom is -0.329 e. The smallest absolute Gasteiger partial charge is 0.242 e. The molecule has 8 heteroatoms. The van der Waals surface area contributed by atoms with Gasteiger partial charge in [0.25, 0.3) is 0 Å². The highest BCUT2D eigenvalue weighted by Gasteiger charge is 2.37. The van der Waals surface area contributed by atoms with E-state index in [1.807, 2.05) is 0 Å². The average molecular weight is 343 g/mol. The molecule has 0 heterocycles. The molecular formula is C12H17Cl2FN2O2S. The van der Waals surface area contributed by atoms with Crippen molar-refractivity contribution in [3.8, 4) is 0 Å². The van der Waals surface area contributed by atoms with Crippen molar-refractivity contribution in [2.75, 3.05) is 6.54 Å². The molecule has 3 N–H and O–H groups in total. The van der Waals surface area contributed by atoms with Crippen LogP contribution in [0.1, 0.15) is 25.7 Å². The first-order valence-electron chi connectivity index (χ1n) is 6.08. The van der Waals surface area contributed by atoms with Crippen LogP contribution in [0.5, 0.6) is 0 Å². The number of hydrogen-bond acceptors (Lipinski definition) is 3. The second kappa shape index (κ2) is 6.58. The zero-order valence-electron chi connectivity index (χ0n) is 10.7. The minimum absolute atomic E-state index is 0. The van der Waals surface area contributed by atoms with Crippen LogP contribution in [0, 0.1) is 5.82 Å². The molecule has 0 aromatic heterocycles. The van der Waals surface area contributed by atoms with Gasteiger partial charge in [0.1, 0.15) is 10.7 Å². The fourth-order valence-corrected chi connectivity index (χ4v) is 4.44. The Kier molecular flexibility index (Phi) is 5.80. The van der Waals surface area contributed by atoms with Gasteiger partial charge in [0.15, 0.2) is 0 Å². The maximum Gasteiger partial charge on any atom is 0.242 e. The Hall–Kier alpha value is -0.400. The third kappa shape index (κ3) is 3.62. The van der Waals surface area contributed by atoms with E-state index in [0.717, 1.165) is 25.0 Å². The van der Waals surface area contributed by atoms with Gasteiger partial charge in [-0.3, -0.25) is 0 Å². The maximum atomic E-state index is 13.0. The topological polar surface area (TPSA) is 72.2 Å². The van der Waals surface area contributed by atoms with Crippen molar-refractivity contribution < 1.29 is 12.8 Å². The van der Waals surface area contributed by atoms with Crippen LogP contribution < -0.4 is 10.5 Å². The molecule has 0 atom stereocenters. The van der Waals surface area contributed by atoms with Crippen molar-refractivity contribution >= 4 is 34.0 Å². The molecule has 0 saturated heterocycles. The zero-order chi connectivity index (χ0) is 14.1. The molecular weight excluding hydrogens is 326 g/mol. The Morgan fingerprint density at radius 2 is 1.95 bits per heavy atom. The number of halogens is 3. The average Bonchev–Trinajstić information content (AvgIpc) is 2.77. The van der Waals surface area contributed by atoms with Crippen LogP contribution in [0.4, 0.5) is 4.39 Å². The summed E-state index contributed by atoms with van der Waals surface area (Å²) >= 11 is 5.80.